The number of benzene rings is 8. The van der Waals surface area contributed by atoms with Crippen LogP contribution in [0.3, 0.4) is 0 Å². The van der Waals surface area contributed by atoms with Gasteiger partial charge in [0.1, 0.15) is 28.6 Å². The molecule has 0 aromatic heterocycles. The highest BCUT2D eigenvalue weighted by Gasteiger charge is 2.15. The van der Waals surface area contributed by atoms with Gasteiger partial charge in [-0.3, -0.25) is 9.11 Å². The molecule has 0 radical (unpaired) electrons. The number of nitrogens with two attached hydrogens (primary N) is 1. The lowest BCUT2D eigenvalue weighted by molar-refractivity contribution is 0.317. The number of nitrogens with zero attached hydrogens (tertiary/aromatic N) is 8. The Morgan fingerprint density at radius 1 is 0.474 bits per heavy atom. The first-order valence-electron chi connectivity index (χ1n) is 24.5. The molecule has 0 aliphatic rings. The fourth-order valence-corrected chi connectivity index (χ4v) is 8.89. The molecule has 8 aromatic rings. The molecule has 22 heteroatoms. The molecule has 20 nitrogen and oxygen atoms in total. The van der Waals surface area contributed by atoms with Crippen LogP contribution >= 0.6 is 0 Å². The predicted molar refractivity (Wildman–Crippen MR) is 302 cm³/mol. The molecule has 8 rings (SSSR count). The molecule has 0 atom stereocenters. The smallest absolute Gasteiger partial charge is 0.264 e. The minimum atomic E-state index is -4.22. The van der Waals surface area contributed by atoms with Gasteiger partial charge < -0.3 is 30.4 Å². The van der Waals surface area contributed by atoms with Crippen molar-refractivity contribution in [3.63, 3.8) is 0 Å². The van der Waals surface area contributed by atoms with Crippen LogP contribution in [0.2, 0.25) is 0 Å². The minimum Gasteiger partial charge on any atom is -0.505 e. The topological polar surface area (TPSA) is 294 Å². The highest BCUT2D eigenvalue weighted by Crippen LogP contribution is 2.41. The maximum Gasteiger partial charge on any atom is 0.264 e. The summed E-state index contributed by atoms with van der Waals surface area (Å²) in [4.78, 5) is 0. The van der Waals surface area contributed by atoms with Gasteiger partial charge in [-0.15, -0.1) is 10.2 Å². The number of nitrogens with one attached hydrogen (secondary N) is 1. The second-order valence-electron chi connectivity index (χ2n) is 18.3. The van der Waals surface area contributed by atoms with E-state index in [4.69, 9.17) is 24.5 Å². The number of rotatable bonds is 22. The molecular formula is C56H56N10O10S2. The molecule has 0 heterocycles. The molecule has 0 unspecified atom stereocenters. The summed E-state index contributed by atoms with van der Waals surface area (Å²) in [6.45, 7) is 9.57. The van der Waals surface area contributed by atoms with Gasteiger partial charge >= 0.3 is 0 Å². The third-order valence-corrected chi connectivity index (χ3v) is 13.8. The van der Waals surface area contributed by atoms with E-state index in [-0.39, 0.29) is 44.3 Å². The van der Waals surface area contributed by atoms with Crippen LogP contribution in [0.15, 0.2) is 168 Å². The number of nitrogen functional groups attached to an aromatic ring is 1. The molecule has 0 aliphatic heterocycles. The Morgan fingerprint density at radius 3 is 1.55 bits per heavy atom. The van der Waals surface area contributed by atoms with Crippen LogP contribution in [-0.2, 0) is 20.2 Å². The van der Waals surface area contributed by atoms with Gasteiger partial charge in [0.15, 0.2) is 12.5 Å². The molecule has 78 heavy (non-hydrogen) atoms. The number of fused-ring (bicyclic) bond motifs is 2. The van der Waals surface area contributed by atoms with Gasteiger partial charge in [-0.05, 0) is 183 Å². The van der Waals surface area contributed by atoms with Crippen molar-refractivity contribution in [3.05, 3.63) is 155 Å². The standard InChI is InChI=1S/C56H56N10O10S2/c1-34-26-50(35(2)25-48(34)61-59-43-15-11-39-9-6-10-54(46(39)31-43)74-21-7-23-77(68,69)70)63-65-52-32-55(75-22-8-24-78(71,72)73)53(29-38(52)5)66-64-51-28-36(3)49(27-37(51)4)62-60-47-20-12-40-30-42(16-19-45(40)56(47)67)58-33-76-44-17-13-41(57)14-18-44/h6,9-20,25-32,58,67H,7-8,21-24,33,57H2,1-5H3,(H,68,69,70)(H,71,72,73). The zero-order chi connectivity index (χ0) is 55.6. The second kappa shape index (κ2) is 24.5. The van der Waals surface area contributed by atoms with Crippen molar-refractivity contribution in [2.45, 2.75) is 47.5 Å². The molecule has 8 aromatic carbocycles. The molecule has 0 bridgehead atoms. The SMILES string of the molecule is Cc1cc(N=Nc2cc(OCCCS(=O)(=O)O)c(N=Nc3cc(C)c(N=Nc4ccc5cc(NCOc6ccc(N)cc6)ccc5c4O)cc3C)cc2C)c(C)cc1N=Nc1ccc2cccc(OCCCS(=O)(=O)O)c2c1. The van der Waals surface area contributed by atoms with Crippen molar-refractivity contribution in [1.29, 1.82) is 0 Å². The summed E-state index contributed by atoms with van der Waals surface area (Å²) in [7, 11) is -8.31. The maximum absolute atomic E-state index is 11.5. The number of phenols is 1. The Hall–Kier alpha value is -8.70. The lowest BCUT2D eigenvalue weighted by Gasteiger charge is -2.11. The highest BCUT2D eigenvalue weighted by atomic mass is 32.2. The van der Waals surface area contributed by atoms with Gasteiger partial charge in [0.25, 0.3) is 20.2 Å². The number of azo groups is 4. The molecule has 0 fully saturated rings. The molecule has 0 saturated heterocycles. The number of hydrogen-bond acceptors (Lipinski definition) is 18. The normalized spacial score (nSPS) is 12.2. The Bertz CT molecular complexity index is 3890. The van der Waals surface area contributed by atoms with Crippen molar-refractivity contribution in [1.82, 2.24) is 0 Å². The fourth-order valence-electron chi connectivity index (χ4n) is 7.93. The Balaban J connectivity index is 0.961. The summed E-state index contributed by atoms with van der Waals surface area (Å²) in [6.07, 6.45) is 0.135. The van der Waals surface area contributed by atoms with Gasteiger partial charge in [0.2, 0.25) is 0 Å². The number of phenolic OH excluding ortho intramolecular Hbond substituents is 1. The summed E-state index contributed by atoms with van der Waals surface area (Å²) in [6, 6.07) is 38.0. The lowest BCUT2D eigenvalue weighted by Crippen LogP contribution is -2.08. The van der Waals surface area contributed by atoms with Crippen molar-refractivity contribution in [2.75, 3.05) is 42.5 Å². The maximum atomic E-state index is 11.5. The van der Waals surface area contributed by atoms with E-state index in [9.17, 15) is 26.5 Å². The average Bonchev–Trinajstić information content (AvgIpc) is 3.43. The summed E-state index contributed by atoms with van der Waals surface area (Å²) >= 11 is 0. The van der Waals surface area contributed by atoms with Crippen molar-refractivity contribution < 1.29 is 45.3 Å². The van der Waals surface area contributed by atoms with Crippen LogP contribution in [0.25, 0.3) is 21.5 Å². The van der Waals surface area contributed by atoms with Crippen LogP contribution in [0.1, 0.15) is 40.7 Å². The Labute approximate surface area is 451 Å². The fraction of sp³-hybridized carbons (Fsp3) is 0.214. The number of aryl methyl sites for hydroxylation is 5. The van der Waals surface area contributed by atoms with Crippen LogP contribution in [-0.4, -0.2) is 62.5 Å². The summed E-state index contributed by atoms with van der Waals surface area (Å²) in [5.41, 5.74) is 14.9. The Morgan fingerprint density at radius 2 is 0.974 bits per heavy atom. The largest absolute Gasteiger partial charge is 0.505 e. The van der Waals surface area contributed by atoms with E-state index >= 15 is 0 Å². The van der Waals surface area contributed by atoms with Crippen molar-refractivity contribution in [2.24, 2.45) is 40.9 Å². The number of ether oxygens (including phenoxy) is 3. The van der Waals surface area contributed by atoms with Crippen LogP contribution in [0.4, 0.5) is 56.9 Å². The van der Waals surface area contributed by atoms with E-state index in [1.165, 1.54) is 0 Å². The molecule has 0 aliphatic carbocycles. The van der Waals surface area contributed by atoms with E-state index in [2.05, 4.69) is 46.2 Å². The van der Waals surface area contributed by atoms with E-state index in [0.717, 1.165) is 44.1 Å². The molecule has 6 N–H and O–H groups in total. The van der Waals surface area contributed by atoms with Gasteiger partial charge in [0, 0.05) is 28.2 Å². The summed E-state index contributed by atoms with van der Waals surface area (Å²) < 4.78 is 81.2. The third kappa shape index (κ3) is 15.0. The summed E-state index contributed by atoms with van der Waals surface area (Å²) in [5, 5.41) is 53.6. The molecular weight excluding hydrogens is 1040 g/mol. The molecule has 0 amide bonds. The average molecular weight is 1090 g/mol. The number of anilines is 2. The van der Waals surface area contributed by atoms with Crippen LogP contribution < -0.4 is 25.3 Å². The monoisotopic (exact) mass is 1090 g/mol. The van der Waals surface area contributed by atoms with E-state index < -0.39 is 31.7 Å². The number of aromatic hydroxyl groups is 1. The first-order chi connectivity index (χ1) is 37.2. The summed E-state index contributed by atoms with van der Waals surface area (Å²) in [5.74, 6) is 0.572. The van der Waals surface area contributed by atoms with Gasteiger partial charge in [0.05, 0.1) is 58.8 Å². The highest BCUT2D eigenvalue weighted by molar-refractivity contribution is 7.86. The van der Waals surface area contributed by atoms with Crippen LogP contribution in [0, 0.1) is 34.6 Å². The van der Waals surface area contributed by atoms with Crippen molar-refractivity contribution in [3.8, 4) is 23.0 Å². The van der Waals surface area contributed by atoms with Gasteiger partial charge in [-0.2, -0.15) is 47.5 Å². The predicted octanol–water partition coefficient (Wildman–Crippen LogP) is 15.2. The molecule has 402 valence electrons. The molecule has 0 spiro atoms. The van der Waals surface area contributed by atoms with Gasteiger partial charge in [-0.1, -0.05) is 24.3 Å². The second-order valence-corrected chi connectivity index (χ2v) is 21.4. The zero-order valence-corrected chi connectivity index (χ0v) is 44.9. The zero-order valence-electron chi connectivity index (χ0n) is 43.2. The Kier molecular flexibility index (Phi) is 17.5. The quantitative estimate of drug-likeness (QED) is 0.0139. The van der Waals surface area contributed by atoms with Gasteiger partial charge in [-0.25, -0.2) is 0 Å². The molecule has 0 saturated carbocycles. The lowest BCUT2D eigenvalue weighted by atomic mass is 10.1. The first-order valence-corrected chi connectivity index (χ1v) is 27.7. The third-order valence-electron chi connectivity index (χ3n) is 12.2. The van der Waals surface area contributed by atoms with E-state index in [1.807, 2.05) is 107 Å². The first kappa shape index (κ1) is 55.5. The van der Waals surface area contributed by atoms with Crippen LogP contribution in [0.5, 0.6) is 23.0 Å². The number of hydrogen-bond donors (Lipinski definition) is 5. The van der Waals surface area contributed by atoms with Crippen molar-refractivity contribution >= 4 is 98.7 Å². The minimum absolute atomic E-state index is 0.00671. The van der Waals surface area contributed by atoms with E-state index in [1.54, 1.807) is 54.6 Å². The van der Waals surface area contributed by atoms with E-state index in [0.29, 0.717) is 73.6 Å².